The number of imide groups is 1. The van der Waals surface area contributed by atoms with E-state index in [0.717, 1.165) is 28.6 Å². The molecular formula is C27H30N2O7S. The van der Waals surface area contributed by atoms with Crippen LogP contribution in [-0.4, -0.2) is 54.3 Å². The lowest BCUT2D eigenvalue weighted by Gasteiger charge is -2.13. The van der Waals surface area contributed by atoms with E-state index in [-0.39, 0.29) is 24.0 Å². The summed E-state index contributed by atoms with van der Waals surface area (Å²) >= 11 is 0.752. The van der Waals surface area contributed by atoms with Crippen molar-refractivity contribution < 1.29 is 33.4 Å². The molecule has 0 bridgehead atoms. The molecule has 0 aromatic heterocycles. The molecule has 3 rings (SSSR count). The van der Waals surface area contributed by atoms with Crippen molar-refractivity contribution >= 4 is 46.5 Å². The molecule has 0 saturated carbocycles. The summed E-state index contributed by atoms with van der Waals surface area (Å²) in [4.78, 5) is 50.4. The second-order valence-electron chi connectivity index (χ2n) is 8.13. The quantitative estimate of drug-likeness (QED) is 0.239. The summed E-state index contributed by atoms with van der Waals surface area (Å²) in [6.07, 6.45) is 3.13. The molecule has 2 aromatic carbocycles. The molecule has 1 aliphatic rings. The minimum Gasteiger partial charge on any atom is -0.490 e. The molecule has 0 atom stereocenters. The molecule has 1 heterocycles. The molecule has 0 aliphatic carbocycles. The molecule has 0 radical (unpaired) electrons. The third kappa shape index (κ3) is 7.85. The maximum atomic E-state index is 12.7. The molecule has 1 fully saturated rings. The number of unbranched alkanes of at least 4 members (excludes halogenated alkanes) is 1. The minimum atomic E-state index is -0.622. The summed E-state index contributed by atoms with van der Waals surface area (Å²) in [5, 5.41) is 2.27. The van der Waals surface area contributed by atoms with Crippen LogP contribution in [0.25, 0.3) is 6.08 Å². The lowest BCUT2D eigenvalue weighted by molar-refractivity contribution is -0.146. The number of benzene rings is 2. The van der Waals surface area contributed by atoms with Gasteiger partial charge < -0.3 is 19.5 Å². The first-order valence-electron chi connectivity index (χ1n) is 12.0. The third-order valence-corrected chi connectivity index (χ3v) is 6.17. The predicted molar refractivity (Wildman–Crippen MR) is 141 cm³/mol. The number of carbonyl (C=O) groups excluding carboxylic acids is 4. The van der Waals surface area contributed by atoms with Gasteiger partial charge in [-0.1, -0.05) is 37.6 Å². The smallest absolute Gasteiger partial charge is 0.326 e. The Morgan fingerprint density at radius 3 is 2.57 bits per heavy atom. The van der Waals surface area contributed by atoms with E-state index in [4.69, 9.17) is 14.2 Å². The fourth-order valence-corrected chi connectivity index (χ4v) is 4.18. The van der Waals surface area contributed by atoms with Gasteiger partial charge in [0, 0.05) is 5.69 Å². The van der Waals surface area contributed by atoms with Crippen molar-refractivity contribution in [2.45, 2.75) is 33.6 Å². The zero-order valence-electron chi connectivity index (χ0n) is 21.1. The number of thioether (sulfide) groups is 1. The largest absolute Gasteiger partial charge is 0.490 e. The van der Waals surface area contributed by atoms with E-state index in [1.807, 2.05) is 45.0 Å². The van der Waals surface area contributed by atoms with Crippen molar-refractivity contribution in [1.29, 1.82) is 0 Å². The maximum Gasteiger partial charge on any atom is 0.326 e. The van der Waals surface area contributed by atoms with E-state index in [0.29, 0.717) is 35.8 Å². The average Bonchev–Trinajstić information content (AvgIpc) is 3.12. The predicted octanol–water partition coefficient (Wildman–Crippen LogP) is 4.79. The van der Waals surface area contributed by atoms with Crippen molar-refractivity contribution in [2.24, 2.45) is 0 Å². The fraction of sp³-hybridized carbons (Fsp3) is 0.333. The molecule has 1 N–H and O–H groups in total. The molecule has 0 unspecified atom stereocenters. The molecule has 2 aromatic rings. The van der Waals surface area contributed by atoms with Crippen LogP contribution >= 0.6 is 11.8 Å². The summed E-state index contributed by atoms with van der Waals surface area (Å²) < 4.78 is 16.4. The number of amides is 3. The Labute approximate surface area is 220 Å². The monoisotopic (exact) mass is 526 g/mol. The van der Waals surface area contributed by atoms with Crippen LogP contribution in [0, 0.1) is 6.92 Å². The molecule has 196 valence electrons. The van der Waals surface area contributed by atoms with Crippen LogP contribution in [0.1, 0.15) is 37.8 Å². The molecule has 1 saturated heterocycles. The summed E-state index contributed by atoms with van der Waals surface area (Å²) in [7, 11) is 0. The summed E-state index contributed by atoms with van der Waals surface area (Å²) in [5.74, 6) is -0.750. The number of nitrogens with zero attached hydrogens (tertiary/aromatic N) is 1. The standard InChI is InChI=1S/C27H30N2O7S/c1-4-6-13-35-25(31)16-29-26(32)23(37-27(29)33)15-19-11-12-21(22(14-19)34-5-2)36-17-24(30)28-20-10-8-7-9-18(20)3/h7-12,14-15H,4-6,13,16-17H2,1-3H3,(H,28,30)/b23-15-. The number of para-hydroxylation sites is 1. The number of rotatable bonds is 12. The van der Waals surface area contributed by atoms with Crippen LogP contribution < -0.4 is 14.8 Å². The van der Waals surface area contributed by atoms with Crippen LogP contribution in [0.3, 0.4) is 0 Å². The van der Waals surface area contributed by atoms with Crippen LogP contribution in [0.5, 0.6) is 11.5 Å². The Hall–Kier alpha value is -3.79. The van der Waals surface area contributed by atoms with Crippen LogP contribution in [-0.2, 0) is 19.1 Å². The lowest BCUT2D eigenvalue weighted by Crippen LogP contribution is -2.34. The van der Waals surface area contributed by atoms with Crippen LogP contribution in [0.2, 0.25) is 0 Å². The Morgan fingerprint density at radius 2 is 1.84 bits per heavy atom. The molecule has 0 spiro atoms. The normalized spacial score (nSPS) is 14.1. The van der Waals surface area contributed by atoms with E-state index in [1.165, 1.54) is 0 Å². The molecule has 9 nitrogen and oxygen atoms in total. The van der Waals surface area contributed by atoms with E-state index in [1.54, 1.807) is 24.3 Å². The minimum absolute atomic E-state index is 0.181. The van der Waals surface area contributed by atoms with E-state index in [2.05, 4.69) is 5.32 Å². The maximum absolute atomic E-state index is 12.7. The number of aryl methyl sites for hydroxylation is 1. The topological polar surface area (TPSA) is 111 Å². The Bertz CT molecular complexity index is 1200. The first-order valence-corrected chi connectivity index (χ1v) is 12.8. The summed E-state index contributed by atoms with van der Waals surface area (Å²) in [6.45, 7) is 5.64. The van der Waals surface area contributed by atoms with Crippen molar-refractivity contribution in [1.82, 2.24) is 4.90 Å². The van der Waals surface area contributed by atoms with E-state index in [9.17, 15) is 19.2 Å². The number of hydrogen-bond acceptors (Lipinski definition) is 8. The number of nitrogens with one attached hydrogen (secondary N) is 1. The van der Waals surface area contributed by atoms with Gasteiger partial charge in [0.15, 0.2) is 18.1 Å². The van der Waals surface area contributed by atoms with Gasteiger partial charge in [-0.15, -0.1) is 0 Å². The van der Waals surface area contributed by atoms with Gasteiger partial charge >= 0.3 is 5.97 Å². The van der Waals surface area contributed by atoms with Gasteiger partial charge in [0.05, 0.1) is 18.1 Å². The highest BCUT2D eigenvalue weighted by Gasteiger charge is 2.36. The number of esters is 1. The van der Waals surface area contributed by atoms with Gasteiger partial charge in [0.2, 0.25) is 0 Å². The molecule has 1 aliphatic heterocycles. The van der Waals surface area contributed by atoms with Crippen LogP contribution in [0.4, 0.5) is 10.5 Å². The molecule has 10 heteroatoms. The van der Waals surface area contributed by atoms with Gasteiger partial charge in [-0.05, 0) is 67.4 Å². The van der Waals surface area contributed by atoms with Crippen molar-refractivity contribution in [2.75, 3.05) is 31.7 Å². The summed E-state index contributed by atoms with van der Waals surface area (Å²) in [6, 6.07) is 12.4. The highest BCUT2D eigenvalue weighted by atomic mass is 32.2. The number of hydrogen-bond donors (Lipinski definition) is 1. The second-order valence-corrected chi connectivity index (χ2v) is 9.13. The number of ether oxygens (including phenoxy) is 3. The SMILES string of the molecule is CCCCOC(=O)CN1C(=O)S/C(=C\c2ccc(OCC(=O)Nc3ccccc3C)c(OCC)c2)C1=O. The van der Waals surface area contributed by atoms with Gasteiger partial charge in [-0.25, -0.2) is 0 Å². The van der Waals surface area contributed by atoms with Gasteiger partial charge in [0.25, 0.3) is 17.1 Å². The zero-order valence-corrected chi connectivity index (χ0v) is 21.9. The number of carbonyl (C=O) groups is 4. The fourth-order valence-electron chi connectivity index (χ4n) is 3.34. The average molecular weight is 527 g/mol. The van der Waals surface area contributed by atoms with Crippen molar-refractivity contribution in [3.63, 3.8) is 0 Å². The third-order valence-electron chi connectivity index (χ3n) is 5.27. The van der Waals surface area contributed by atoms with Gasteiger partial charge in [-0.3, -0.25) is 24.1 Å². The Balaban J connectivity index is 1.66. The van der Waals surface area contributed by atoms with Crippen LogP contribution in [0.15, 0.2) is 47.4 Å². The highest BCUT2D eigenvalue weighted by Crippen LogP contribution is 2.34. The van der Waals surface area contributed by atoms with E-state index < -0.39 is 23.7 Å². The van der Waals surface area contributed by atoms with Crippen molar-refractivity contribution in [3.05, 3.63) is 58.5 Å². The van der Waals surface area contributed by atoms with Crippen molar-refractivity contribution in [3.8, 4) is 11.5 Å². The highest BCUT2D eigenvalue weighted by molar-refractivity contribution is 8.18. The van der Waals surface area contributed by atoms with E-state index >= 15 is 0 Å². The molecule has 3 amide bonds. The molecule has 37 heavy (non-hydrogen) atoms. The van der Waals surface area contributed by atoms with Gasteiger partial charge in [-0.2, -0.15) is 0 Å². The van der Waals surface area contributed by atoms with Gasteiger partial charge in [0.1, 0.15) is 6.54 Å². The lowest BCUT2D eigenvalue weighted by atomic mass is 10.2. The number of anilines is 1. The first-order chi connectivity index (χ1) is 17.8. The molecular weight excluding hydrogens is 496 g/mol. The summed E-state index contributed by atoms with van der Waals surface area (Å²) in [5.41, 5.74) is 2.24. The zero-order chi connectivity index (χ0) is 26.8. The Morgan fingerprint density at radius 1 is 1.05 bits per heavy atom. The second kappa shape index (κ2) is 13.5. The Kier molecular flexibility index (Phi) is 10.1. The first kappa shape index (κ1) is 27.8.